The van der Waals surface area contributed by atoms with Crippen LogP contribution in [0.15, 0.2) is 47.2 Å². The van der Waals surface area contributed by atoms with Crippen molar-refractivity contribution in [3.8, 4) is 11.3 Å². The van der Waals surface area contributed by atoms with Crippen LogP contribution in [0.2, 0.25) is 0 Å². The summed E-state index contributed by atoms with van der Waals surface area (Å²) < 4.78 is 5.43. The number of primary amides is 1. The quantitative estimate of drug-likeness (QED) is 0.581. The van der Waals surface area contributed by atoms with Crippen LogP contribution < -0.4 is 11.1 Å². The molecule has 4 N–H and O–H groups in total. The second-order valence-corrected chi connectivity index (χ2v) is 8.80. The van der Waals surface area contributed by atoms with Crippen LogP contribution in [0.1, 0.15) is 60.2 Å². The van der Waals surface area contributed by atoms with Crippen molar-refractivity contribution in [1.82, 2.24) is 10.3 Å². The van der Waals surface area contributed by atoms with Gasteiger partial charge in [0.25, 0.3) is 11.8 Å². The number of carbonyl (C=O) groups is 2. The number of nitrogens with two attached hydrogens (primary N) is 1. The summed E-state index contributed by atoms with van der Waals surface area (Å²) in [6.07, 6.45) is 6.45. The van der Waals surface area contributed by atoms with Crippen LogP contribution in [0.5, 0.6) is 0 Å². The Hall–Kier alpha value is -3.19. The van der Waals surface area contributed by atoms with E-state index in [4.69, 9.17) is 10.2 Å². The number of nitrogens with zero attached hydrogens (tertiary/aromatic N) is 1. The molecule has 0 aliphatic heterocycles. The molecule has 2 amide bonds. The summed E-state index contributed by atoms with van der Waals surface area (Å²) in [6, 6.07) is 9.07. The molecular formula is C24H27N3O4. The molecule has 31 heavy (non-hydrogen) atoms. The van der Waals surface area contributed by atoms with Gasteiger partial charge < -0.3 is 20.6 Å². The predicted octanol–water partition coefficient (Wildman–Crippen LogP) is 3.65. The predicted molar refractivity (Wildman–Crippen MR) is 117 cm³/mol. The number of hydrogen-bond acceptors (Lipinski definition) is 5. The zero-order valence-electron chi connectivity index (χ0n) is 17.7. The minimum absolute atomic E-state index is 0.108. The summed E-state index contributed by atoms with van der Waals surface area (Å²) in [5.74, 6) is -0.431. The van der Waals surface area contributed by atoms with Crippen LogP contribution in [0, 0.1) is 5.92 Å². The zero-order chi connectivity index (χ0) is 22.2. The molecule has 2 heterocycles. The molecule has 1 aliphatic carbocycles. The Bertz CT molecular complexity index is 1100. The number of pyridine rings is 1. The van der Waals surface area contributed by atoms with Gasteiger partial charge in [0.05, 0.1) is 17.6 Å². The first-order chi connectivity index (χ1) is 14.7. The molecule has 0 bridgehead atoms. The summed E-state index contributed by atoms with van der Waals surface area (Å²) in [4.78, 5) is 28.6. The Morgan fingerprint density at radius 3 is 2.42 bits per heavy atom. The highest BCUT2D eigenvalue weighted by atomic mass is 16.3. The highest BCUT2D eigenvalue weighted by molar-refractivity contribution is 6.07. The van der Waals surface area contributed by atoms with Gasteiger partial charge in [-0.15, -0.1) is 0 Å². The Kier molecular flexibility index (Phi) is 5.54. The van der Waals surface area contributed by atoms with Crippen LogP contribution in [0.3, 0.4) is 0 Å². The van der Waals surface area contributed by atoms with E-state index in [2.05, 4.69) is 10.3 Å². The number of aliphatic hydroxyl groups is 1. The maximum atomic E-state index is 12.7. The van der Waals surface area contributed by atoms with Gasteiger partial charge in [0.15, 0.2) is 0 Å². The number of aromatic nitrogens is 1. The monoisotopic (exact) mass is 421 g/mol. The number of fused-ring (bicyclic) bond motifs is 1. The van der Waals surface area contributed by atoms with Gasteiger partial charge in [0.1, 0.15) is 11.1 Å². The lowest BCUT2D eigenvalue weighted by Gasteiger charge is -2.36. The standard InChI is InChI=1S/C24H27N3O4/c1-24(2,30)16-7-9-17(10-8-16)27-23(29)15-5-3-14(4-6-15)20-18-11-12-31-21(18)19(13-26-20)22(25)28/h3-6,11-13,16-17,30H,7-10H2,1-2H3,(H2,25,28)(H,27,29)/t16-,17-. The molecule has 3 aromatic rings. The number of rotatable bonds is 5. The summed E-state index contributed by atoms with van der Waals surface area (Å²) in [5, 5.41) is 14.0. The molecule has 0 spiro atoms. The minimum atomic E-state index is -0.672. The Balaban J connectivity index is 1.46. The van der Waals surface area contributed by atoms with Crippen LogP contribution in [-0.2, 0) is 0 Å². The fraction of sp³-hybridized carbons (Fsp3) is 0.375. The van der Waals surface area contributed by atoms with Crippen molar-refractivity contribution in [3.05, 3.63) is 53.9 Å². The van der Waals surface area contributed by atoms with Crippen molar-refractivity contribution in [1.29, 1.82) is 0 Å². The maximum absolute atomic E-state index is 12.7. The van der Waals surface area contributed by atoms with E-state index in [1.54, 1.807) is 18.2 Å². The van der Waals surface area contributed by atoms with E-state index in [1.807, 2.05) is 26.0 Å². The van der Waals surface area contributed by atoms with Gasteiger partial charge in [-0.05, 0) is 63.6 Å². The molecule has 4 rings (SSSR count). The van der Waals surface area contributed by atoms with E-state index in [-0.39, 0.29) is 23.4 Å². The summed E-state index contributed by atoms with van der Waals surface area (Å²) in [7, 11) is 0. The average molecular weight is 421 g/mol. The highest BCUT2D eigenvalue weighted by Gasteiger charge is 2.31. The Morgan fingerprint density at radius 2 is 1.81 bits per heavy atom. The molecule has 7 nitrogen and oxygen atoms in total. The number of carbonyl (C=O) groups excluding carboxylic acids is 2. The third kappa shape index (κ3) is 4.32. The number of benzene rings is 1. The molecule has 1 aromatic carbocycles. The molecule has 1 saturated carbocycles. The number of nitrogens with one attached hydrogen (secondary N) is 1. The van der Waals surface area contributed by atoms with Crippen LogP contribution in [0.25, 0.3) is 22.2 Å². The molecule has 1 fully saturated rings. The fourth-order valence-corrected chi connectivity index (χ4v) is 4.36. The normalized spacial score (nSPS) is 19.3. The summed E-state index contributed by atoms with van der Waals surface area (Å²) in [5.41, 5.74) is 7.40. The van der Waals surface area contributed by atoms with Crippen molar-refractivity contribution in [3.63, 3.8) is 0 Å². The highest BCUT2D eigenvalue weighted by Crippen LogP contribution is 2.33. The van der Waals surface area contributed by atoms with Crippen molar-refractivity contribution in [2.45, 2.75) is 51.2 Å². The third-order valence-electron chi connectivity index (χ3n) is 6.24. The number of furan rings is 1. The maximum Gasteiger partial charge on any atom is 0.254 e. The first-order valence-electron chi connectivity index (χ1n) is 10.5. The fourth-order valence-electron chi connectivity index (χ4n) is 4.36. The van der Waals surface area contributed by atoms with E-state index in [0.29, 0.717) is 22.2 Å². The third-order valence-corrected chi connectivity index (χ3v) is 6.24. The molecule has 1 aliphatic rings. The van der Waals surface area contributed by atoms with Crippen LogP contribution >= 0.6 is 0 Å². The van der Waals surface area contributed by atoms with Crippen molar-refractivity contribution < 1.29 is 19.1 Å². The first kappa shape index (κ1) is 21.1. The van der Waals surface area contributed by atoms with E-state index < -0.39 is 11.5 Å². The topological polar surface area (TPSA) is 118 Å². The van der Waals surface area contributed by atoms with Gasteiger partial charge in [-0.25, -0.2) is 0 Å². The van der Waals surface area contributed by atoms with E-state index >= 15 is 0 Å². The molecular weight excluding hydrogens is 394 g/mol. The smallest absolute Gasteiger partial charge is 0.254 e. The molecule has 0 radical (unpaired) electrons. The number of hydrogen-bond donors (Lipinski definition) is 3. The van der Waals surface area contributed by atoms with E-state index in [9.17, 15) is 14.7 Å². The Labute approximate surface area is 180 Å². The van der Waals surface area contributed by atoms with Crippen molar-refractivity contribution in [2.24, 2.45) is 11.7 Å². The minimum Gasteiger partial charge on any atom is -0.463 e. The van der Waals surface area contributed by atoms with Crippen molar-refractivity contribution >= 4 is 22.8 Å². The van der Waals surface area contributed by atoms with Crippen LogP contribution in [-0.4, -0.2) is 33.5 Å². The zero-order valence-corrected chi connectivity index (χ0v) is 17.7. The van der Waals surface area contributed by atoms with Crippen LogP contribution in [0.4, 0.5) is 0 Å². The van der Waals surface area contributed by atoms with Gasteiger partial charge in [-0.3, -0.25) is 14.6 Å². The molecule has 0 saturated heterocycles. The lowest BCUT2D eigenvalue weighted by Crippen LogP contribution is -2.41. The SMILES string of the molecule is CC(C)(O)[C@H]1CC[C@H](NC(=O)c2ccc(-c3ncc(C(N)=O)c4occc34)cc2)CC1. The van der Waals surface area contributed by atoms with Gasteiger partial charge in [-0.2, -0.15) is 0 Å². The largest absolute Gasteiger partial charge is 0.463 e. The molecule has 0 unspecified atom stereocenters. The number of amides is 2. The Morgan fingerprint density at radius 1 is 1.13 bits per heavy atom. The van der Waals surface area contributed by atoms with E-state index in [1.165, 1.54) is 12.5 Å². The lowest BCUT2D eigenvalue weighted by atomic mass is 9.77. The van der Waals surface area contributed by atoms with Gasteiger partial charge in [0.2, 0.25) is 0 Å². The summed E-state index contributed by atoms with van der Waals surface area (Å²) >= 11 is 0. The lowest BCUT2D eigenvalue weighted by molar-refractivity contribution is -0.00258. The van der Waals surface area contributed by atoms with Gasteiger partial charge >= 0.3 is 0 Å². The first-order valence-corrected chi connectivity index (χ1v) is 10.5. The summed E-state index contributed by atoms with van der Waals surface area (Å²) in [6.45, 7) is 3.71. The van der Waals surface area contributed by atoms with Gasteiger partial charge in [-0.1, -0.05) is 12.1 Å². The molecule has 0 atom stereocenters. The van der Waals surface area contributed by atoms with Crippen molar-refractivity contribution in [2.75, 3.05) is 0 Å². The van der Waals surface area contributed by atoms with E-state index in [0.717, 1.165) is 31.2 Å². The average Bonchev–Trinajstić information content (AvgIpc) is 3.22. The second kappa shape index (κ2) is 8.15. The molecule has 2 aromatic heterocycles. The molecule has 162 valence electrons. The van der Waals surface area contributed by atoms with Gasteiger partial charge in [0, 0.05) is 28.8 Å². The molecule has 7 heteroatoms. The second-order valence-electron chi connectivity index (χ2n) is 8.80.